The number of carbonyl (C=O) groups excluding carboxylic acids is 1. The molecule has 15 heavy (non-hydrogen) atoms. The van der Waals surface area contributed by atoms with Gasteiger partial charge in [0.2, 0.25) is 5.78 Å². The molecule has 5 nitrogen and oxygen atoms in total. The summed E-state index contributed by atoms with van der Waals surface area (Å²) in [4.78, 5) is 19.4. The summed E-state index contributed by atoms with van der Waals surface area (Å²) in [6.45, 7) is 2.02. The van der Waals surface area contributed by atoms with Gasteiger partial charge >= 0.3 is 5.97 Å². The minimum absolute atomic E-state index is 0.104. The topological polar surface area (TPSA) is 56.5 Å². The van der Waals surface area contributed by atoms with Crippen molar-refractivity contribution in [3.8, 4) is 0 Å². The number of fused-ring (bicyclic) bond motifs is 1. The summed E-state index contributed by atoms with van der Waals surface area (Å²) in [7, 11) is 0. The molecule has 0 aliphatic carbocycles. The number of rotatable bonds is 2. The van der Waals surface area contributed by atoms with Gasteiger partial charge in [-0.25, -0.2) is 9.78 Å². The van der Waals surface area contributed by atoms with Crippen LogP contribution in [0.3, 0.4) is 0 Å². The van der Waals surface area contributed by atoms with Gasteiger partial charge in [-0.3, -0.25) is 4.40 Å². The molecule has 0 aliphatic heterocycles. The molecule has 0 bridgehead atoms. The summed E-state index contributed by atoms with van der Waals surface area (Å²) in [6, 6.07) is 1.69. The molecule has 0 saturated heterocycles. The minimum atomic E-state index is -0.497. The molecule has 0 saturated carbocycles. The lowest BCUT2D eigenvalue weighted by Crippen LogP contribution is -2.08. The molecule has 2 aromatic heterocycles. The number of aromatic nitrogens is 3. The predicted octanol–water partition coefficient (Wildman–Crippen LogP) is 1.56. The zero-order chi connectivity index (χ0) is 10.8. The second-order valence-electron chi connectivity index (χ2n) is 2.76. The van der Waals surface area contributed by atoms with Crippen molar-refractivity contribution in [2.45, 2.75) is 6.92 Å². The zero-order valence-electron chi connectivity index (χ0n) is 7.98. The average molecular weight is 226 g/mol. The largest absolute Gasteiger partial charge is 0.461 e. The molecule has 0 fully saturated rings. The number of ether oxygens (including phenoxy) is 1. The Hall–Kier alpha value is -1.62. The number of hydrogen-bond acceptors (Lipinski definition) is 4. The van der Waals surface area contributed by atoms with Gasteiger partial charge in [0.1, 0.15) is 0 Å². The highest BCUT2D eigenvalue weighted by Gasteiger charge is 2.19. The summed E-state index contributed by atoms with van der Waals surface area (Å²) >= 11 is 5.83. The quantitative estimate of drug-likeness (QED) is 0.728. The van der Waals surface area contributed by atoms with Crippen LogP contribution in [0.15, 0.2) is 18.5 Å². The number of nitrogens with zero attached hydrogens (tertiary/aromatic N) is 3. The number of hydrogen-bond donors (Lipinski definition) is 0. The molecule has 0 N–H and O–H groups in total. The standard InChI is InChI=1S/C9H8ClN3O2/c1-2-15-8(14)6-7(10)12-9-11-4-3-5-13(6)9/h3-5H,2H2,1H3. The van der Waals surface area contributed by atoms with Crippen LogP contribution in [0.25, 0.3) is 5.78 Å². The van der Waals surface area contributed by atoms with Crippen LogP contribution >= 0.6 is 11.6 Å². The van der Waals surface area contributed by atoms with Gasteiger partial charge in [-0.1, -0.05) is 11.6 Å². The molecule has 0 amide bonds. The number of esters is 1. The fourth-order valence-electron chi connectivity index (χ4n) is 1.24. The first-order valence-electron chi connectivity index (χ1n) is 4.39. The van der Waals surface area contributed by atoms with Gasteiger partial charge in [-0.15, -0.1) is 0 Å². The van der Waals surface area contributed by atoms with E-state index in [2.05, 4.69) is 9.97 Å². The highest BCUT2D eigenvalue weighted by atomic mass is 35.5. The molecular formula is C9H8ClN3O2. The van der Waals surface area contributed by atoms with E-state index in [1.165, 1.54) is 4.40 Å². The van der Waals surface area contributed by atoms with E-state index < -0.39 is 5.97 Å². The molecule has 6 heteroatoms. The predicted molar refractivity (Wildman–Crippen MR) is 54.0 cm³/mol. The first kappa shape index (κ1) is 9.92. The monoisotopic (exact) mass is 225 g/mol. The number of halogens is 1. The maximum absolute atomic E-state index is 11.5. The molecule has 2 aromatic rings. The zero-order valence-corrected chi connectivity index (χ0v) is 8.73. The van der Waals surface area contributed by atoms with Crippen LogP contribution in [0.2, 0.25) is 5.15 Å². The summed E-state index contributed by atoms with van der Waals surface area (Å²) in [5.74, 6) is -0.117. The van der Waals surface area contributed by atoms with Crippen molar-refractivity contribution in [1.82, 2.24) is 14.4 Å². The molecule has 0 aromatic carbocycles. The van der Waals surface area contributed by atoms with E-state index >= 15 is 0 Å². The van der Waals surface area contributed by atoms with Gasteiger partial charge < -0.3 is 4.74 Å². The third kappa shape index (κ3) is 1.66. The van der Waals surface area contributed by atoms with Gasteiger partial charge in [-0.05, 0) is 13.0 Å². The minimum Gasteiger partial charge on any atom is -0.461 e. The van der Waals surface area contributed by atoms with E-state index in [1.54, 1.807) is 25.4 Å². The molecule has 78 valence electrons. The Labute approximate surface area is 90.7 Å². The Morgan fingerprint density at radius 2 is 2.47 bits per heavy atom. The van der Waals surface area contributed by atoms with Gasteiger partial charge in [0, 0.05) is 12.4 Å². The molecular weight excluding hydrogens is 218 g/mol. The van der Waals surface area contributed by atoms with Crippen LogP contribution < -0.4 is 0 Å². The lowest BCUT2D eigenvalue weighted by atomic mass is 10.5. The maximum atomic E-state index is 11.5. The Balaban J connectivity index is 2.58. The van der Waals surface area contributed by atoms with Crippen LogP contribution in [0.5, 0.6) is 0 Å². The Morgan fingerprint density at radius 3 is 3.20 bits per heavy atom. The Bertz CT molecular complexity index is 509. The van der Waals surface area contributed by atoms with Crippen LogP contribution in [-0.4, -0.2) is 26.9 Å². The van der Waals surface area contributed by atoms with E-state index in [0.29, 0.717) is 12.4 Å². The smallest absolute Gasteiger partial charge is 0.358 e. The lowest BCUT2D eigenvalue weighted by Gasteiger charge is -2.00. The normalized spacial score (nSPS) is 10.5. The summed E-state index contributed by atoms with van der Waals surface area (Å²) < 4.78 is 6.36. The molecule has 0 spiro atoms. The van der Waals surface area contributed by atoms with Crippen molar-refractivity contribution >= 4 is 23.3 Å². The third-order valence-corrected chi connectivity index (χ3v) is 2.09. The van der Waals surface area contributed by atoms with Crippen molar-refractivity contribution in [3.63, 3.8) is 0 Å². The van der Waals surface area contributed by atoms with Crippen LogP contribution in [-0.2, 0) is 4.74 Å². The Kier molecular flexibility index (Phi) is 2.55. The van der Waals surface area contributed by atoms with Crippen molar-refractivity contribution in [2.24, 2.45) is 0 Å². The fraction of sp³-hybridized carbons (Fsp3) is 0.222. The third-order valence-electron chi connectivity index (χ3n) is 1.83. The second kappa shape index (κ2) is 3.86. The summed E-state index contributed by atoms with van der Waals surface area (Å²) in [5.41, 5.74) is 0.210. The van der Waals surface area contributed by atoms with Crippen molar-refractivity contribution < 1.29 is 9.53 Å². The van der Waals surface area contributed by atoms with Crippen molar-refractivity contribution in [3.05, 3.63) is 29.3 Å². The van der Waals surface area contributed by atoms with Gasteiger partial charge in [-0.2, -0.15) is 4.98 Å². The second-order valence-corrected chi connectivity index (χ2v) is 3.12. The number of imidazole rings is 1. The highest BCUT2D eigenvalue weighted by molar-refractivity contribution is 6.32. The molecule has 2 rings (SSSR count). The fourth-order valence-corrected chi connectivity index (χ4v) is 1.49. The van der Waals surface area contributed by atoms with E-state index in [9.17, 15) is 4.79 Å². The lowest BCUT2D eigenvalue weighted by molar-refractivity contribution is 0.0518. The molecule has 0 unspecified atom stereocenters. The summed E-state index contributed by atoms with van der Waals surface area (Å²) in [5, 5.41) is 0.104. The molecule has 0 radical (unpaired) electrons. The van der Waals surface area contributed by atoms with Crippen molar-refractivity contribution in [2.75, 3.05) is 6.61 Å². The van der Waals surface area contributed by atoms with E-state index in [0.717, 1.165) is 0 Å². The first-order chi connectivity index (χ1) is 7.24. The maximum Gasteiger partial charge on any atom is 0.358 e. The van der Waals surface area contributed by atoms with Gasteiger partial charge in [0.05, 0.1) is 6.61 Å². The molecule has 0 atom stereocenters. The van der Waals surface area contributed by atoms with E-state index in [1.807, 2.05) is 0 Å². The highest BCUT2D eigenvalue weighted by Crippen LogP contribution is 2.16. The van der Waals surface area contributed by atoms with Crippen LogP contribution in [0, 0.1) is 0 Å². The van der Waals surface area contributed by atoms with Gasteiger partial charge in [0.25, 0.3) is 0 Å². The van der Waals surface area contributed by atoms with Crippen molar-refractivity contribution in [1.29, 1.82) is 0 Å². The first-order valence-corrected chi connectivity index (χ1v) is 4.77. The van der Waals surface area contributed by atoms with Crippen LogP contribution in [0.4, 0.5) is 0 Å². The van der Waals surface area contributed by atoms with Gasteiger partial charge in [0.15, 0.2) is 10.8 Å². The number of carbonyl (C=O) groups is 1. The molecule has 2 heterocycles. The van der Waals surface area contributed by atoms with E-state index in [-0.39, 0.29) is 10.8 Å². The Morgan fingerprint density at radius 1 is 1.67 bits per heavy atom. The molecule has 0 aliphatic rings. The summed E-state index contributed by atoms with van der Waals surface area (Å²) in [6.07, 6.45) is 3.24. The average Bonchev–Trinajstić information content (AvgIpc) is 2.54. The van der Waals surface area contributed by atoms with Crippen LogP contribution in [0.1, 0.15) is 17.4 Å². The SMILES string of the molecule is CCOC(=O)c1c(Cl)nc2ncccn12. The van der Waals surface area contributed by atoms with E-state index in [4.69, 9.17) is 16.3 Å².